The van der Waals surface area contributed by atoms with Gasteiger partial charge < -0.3 is 9.42 Å². The normalized spacial score (nSPS) is 13.8. The number of nitro benzene ring substituents is 1. The molecule has 0 aromatic heterocycles. The van der Waals surface area contributed by atoms with E-state index in [1.807, 2.05) is 0 Å². The molecule has 2 rings (SSSR count). The van der Waals surface area contributed by atoms with Gasteiger partial charge in [-0.3, -0.25) is 10.1 Å². The van der Waals surface area contributed by atoms with Gasteiger partial charge in [0.05, 0.1) is 15.4 Å². The molecular weight excluding hydrogens is 451 g/mol. The number of non-ortho nitro benzene ring substituents is 1. The van der Waals surface area contributed by atoms with Crippen molar-refractivity contribution in [1.29, 1.82) is 0 Å². The zero-order valence-electron chi connectivity index (χ0n) is 13.7. The molecule has 0 aliphatic rings. The van der Waals surface area contributed by atoms with Crippen LogP contribution in [0, 0.1) is 10.1 Å². The zero-order valence-corrected chi connectivity index (χ0v) is 15.4. The summed E-state index contributed by atoms with van der Waals surface area (Å²) in [5.74, 6) is -0.217. The van der Waals surface area contributed by atoms with Gasteiger partial charge in [0.15, 0.2) is 0 Å². The Morgan fingerprint density at radius 1 is 1.10 bits per heavy atom. The fraction of sp³-hybridized carbons (Fsp3) is 0.143. The summed E-state index contributed by atoms with van der Waals surface area (Å²) in [6.45, 7) is 0. The first-order valence-corrected chi connectivity index (χ1v) is 10.5. The minimum atomic E-state index is -4.64. The van der Waals surface area contributed by atoms with E-state index >= 15 is 0 Å². The molecule has 9 nitrogen and oxygen atoms in total. The van der Waals surface area contributed by atoms with E-state index in [4.69, 9.17) is 4.52 Å². The third kappa shape index (κ3) is 7.37. The number of benzene rings is 2. The molecule has 2 N–H and O–H groups in total. The predicted molar refractivity (Wildman–Crippen MR) is 97.3 cm³/mol. The van der Waals surface area contributed by atoms with Crippen molar-refractivity contribution in [2.24, 2.45) is 0 Å². The third-order valence-corrected chi connectivity index (χ3v) is 5.93. The number of nitrogens with zero attached hydrogens (tertiary/aromatic N) is 1. The molecular formula is C14H13F3N2NaO7PS. The quantitative estimate of drug-likeness (QED) is 0.278. The van der Waals surface area contributed by atoms with E-state index in [1.54, 1.807) is 4.72 Å². The monoisotopic (exact) mass is 464 g/mol. The SMILES string of the molecule is O=[N+]([O-])c1ccc(OP(=O)(O)CNS(=O)(=O)c2ccc(C(F)(F)F)cc2)cc1.[NaH]. The third-order valence-electron chi connectivity index (χ3n) is 3.24. The van der Waals surface area contributed by atoms with E-state index < -0.39 is 45.5 Å². The van der Waals surface area contributed by atoms with E-state index in [-0.39, 0.29) is 41.0 Å². The Morgan fingerprint density at radius 3 is 2.07 bits per heavy atom. The van der Waals surface area contributed by atoms with Crippen LogP contribution in [0.15, 0.2) is 53.4 Å². The molecule has 29 heavy (non-hydrogen) atoms. The van der Waals surface area contributed by atoms with Gasteiger partial charge >= 0.3 is 43.3 Å². The van der Waals surface area contributed by atoms with Crippen molar-refractivity contribution in [1.82, 2.24) is 4.72 Å². The molecule has 0 saturated heterocycles. The molecule has 0 bridgehead atoms. The molecule has 1 atom stereocenters. The average Bonchev–Trinajstić information content (AvgIpc) is 2.60. The molecule has 0 heterocycles. The number of rotatable bonds is 7. The fourth-order valence-corrected chi connectivity index (χ4v) is 4.41. The molecule has 154 valence electrons. The standard InChI is InChI=1S/C14H12F3N2O7PS.Na.H/c15-14(16,17)10-1-7-13(8-2-10)28(24,25)18-9-27(22,23)26-12-5-3-11(4-6-12)19(20)21;;/h1-8,18H,9H2,(H,22,23);;. The van der Waals surface area contributed by atoms with E-state index in [0.717, 1.165) is 24.3 Å². The molecule has 0 radical (unpaired) electrons. The van der Waals surface area contributed by atoms with Gasteiger partial charge in [0.2, 0.25) is 10.0 Å². The Balaban J connectivity index is 0.00000420. The molecule has 0 aliphatic carbocycles. The molecule has 0 amide bonds. The fourth-order valence-electron chi connectivity index (χ4n) is 1.90. The second-order valence-electron chi connectivity index (χ2n) is 5.31. The summed E-state index contributed by atoms with van der Waals surface area (Å²) in [5, 5.41) is 10.5. The average molecular weight is 464 g/mol. The van der Waals surface area contributed by atoms with Gasteiger partial charge in [-0.1, -0.05) is 0 Å². The molecule has 0 fully saturated rings. The molecule has 2 aromatic rings. The Kier molecular flexibility index (Phi) is 8.43. The van der Waals surface area contributed by atoms with Gasteiger partial charge in [-0.2, -0.15) is 17.9 Å². The van der Waals surface area contributed by atoms with E-state index in [9.17, 15) is 41.2 Å². The summed E-state index contributed by atoms with van der Waals surface area (Å²) in [7, 11) is -8.93. The van der Waals surface area contributed by atoms with Crippen molar-refractivity contribution in [3.63, 3.8) is 0 Å². The first-order chi connectivity index (χ1) is 12.8. The van der Waals surface area contributed by atoms with Crippen LogP contribution >= 0.6 is 7.60 Å². The summed E-state index contributed by atoms with van der Waals surface area (Å²) in [4.78, 5) is 19.0. The van der Waals surface area contributed by atoms with Gasteiger partial charge in [-0.05, 0) is 36.4 Å². The van der Waals surface area contributed by atoms with Gasteiger partial charge in [0.25, 0.3) is 5.69 Å². The molecule has 0 spiro atoms. The van der Waals surface area contributed by atoms with Gasteiger partial charge in [0, 0.05) is 12.1 Å². The first-order valence-electron chi connectivity index (χ1n) is 7.23. The van der Waals surface area contributed by atoms with Gasteiger partial charge in [-0.15, -0.1) is 0 Å². The zero-order chi connectivity index (χ0) is 21.2. The van der Waals surface area contributed by atoms with Crippen LogP contribution < -0.4 is 9.25 Å². The van der Waals surface area contributed by atoms with Crippen LogP contribution in [0.2, 0.25) is 0 Å². The van der Waals surface area contributed by atoms with Crippen molar-refractivity contribution in [2.45, 2.75) is 11.1 Å². The summed E-state index contributed by atoms with van der Waals surface area (Å²) in [6.07, 6.45) is -5.72. The predicted octanol–water partition coefficient (Wildman–Crippen LogP) is 2.47. The van der Waals surface area contributed by atoms with Crippen molar-refractivity contribution in [3.8, 4) is 5.75 Å². The number of halogens is 3. The van der Waals surface area contributed by atoms with Crippen LogP contribution in [-0.2, 0) is 20.8 Å². The Bertz CT molecular complexity index is 1020. The number of hydrogen-bond acceptors (Lipinski definition) is 6. The molecule has 15 heteroatoms. The van der Waals surface area contributed by atoms with Crippen LogP contribution in [0.1, 0.15) is 5.56 Å². The molecule has 1 unspecified atom stereocenters. The van der Waals surface area contributed by atoms with Crippen molar-refractivity contribution in [2.75, 3.05) is 6.29 Å². The summed E-state index contributed by atoms with van der Waals surface area (Å²) in [5.41, 5.74) is -1.34. The summed E-state index contributed by atoms with van der Waals surface area (Å²) in [6, 6.07) is 6.64. The van der Waals surface area contributed by atoms with Gasteiger partial charge in [-0.25, -0.2) is 13.0 Å². The number of hydrogen-bond donors (Lipinski definition) is 2. The summed E-state index contributed by atoms with van der Waals surface area (Å²) < 4.78 is 80.1. The van der Waals surface area contributed by atoms with Crippen LogP contribution in [0.5, 0.6) is 5.75 Å². The summed E-state index contributed by atoms with van der Waals surface area (Å²) >= 11 is 0. The maximum atomic E-state index is 12.5. The first kappa shape index (κ1) is 25.6. The van der Waals surface area contributed by atoms with Crippen molar-refractivity contribution < 1.29 is 40.5 Å². The van der Waals surface area contributed by atoms with Crippen LogP contribution in [0.25, 0.3) is 0 Å². The molecule has 0 saturated carbocycles. The maximum absolute atomic E-state index is 12.5. The second kappa shape index (κ2) is 9.56. The van der Waals surface area contributed by atoms with Crippen LogP contribution in [0.3, 0.4) is 0 Å². The Morgan fingerprint density at radius 2 is 1.62 bits per heavy atom. The topological polar surface area (TPSA) is 136 Å². The van der Waals surface area contributed by atoms with Crippen LogP contribution in [-0.4, -0.2) is 54.1 Å². The molecule has 0 aliphatic heterocycles. The van der Waals surface area contributed by atoms with Crippen molar-refractivity contribution >= 4 is 52.9 Å². The van der Waals surface area contributed by atoms with Crippen molar-refractivity contribution in [3.05, 3.63) is 64.2 Å². The van der Waals surface area contributed by atoms with Gasteiger partial charge in [0.1, 0.15) is 12.0 Å². The van der Waals surface area contributed by atoms with E-state index in [2.05, 4.69) is 0 Å². The Hall–Kier alpha value is -1.47. The Labute approximate surface area is 184 Å². The van der Waals surface area contributed by atoms with E-state index in [1.165, 1.54) is 0 Å². The molecule has 2 aromatic carbocycles. The van der Waals surface area contributed by atoms with Crippen LogP contribution in [0.4, 0.5) is 18.9 Å². The minimum absolute atomic E-state index is 0. The number of nitro groups is 1. The number of alkyl halides is 3. The second-order valence-corrected chi connectivity index (χ2v) is 8.85. The number of nitrogens with one attached hydrogen (secondary N) is 1. The number of sulfonamides is 1. The van der Waals surface area contributed by atoms with E-state index in [0.29, 0.717) is 24.3 Å².